The molecule has 0 radical (unpaired) electrons. The molecule has 2 heteroatoms. The van der Waals surface area contributed by atoms with E-state index in [1.54, 1.807) is 0 Å². The van der Waals surface area contributed by atoms with Gasteiger partial charge in [-0.1, -0.05) is 13.8 Å². The van der Waals surface area contributed by atoms with E-state index in [2.05, 4.69) is 13.8 Å². The van der Waals surface area contributed by atoms with Crippen LogP contribution in [0.1, 0.15) is 20.3 Å². The summed E-state index contributed by atoms with van der Waals surface area (Å²) in [4.78, 5) is 0. The van der Waals surface area contributed by atoms with E-state index in [9.17, 15) is 5.21 Å². The average molecular weight is 115 g/mol. The number of quaternary nitrogens is 1. The molecule has 1 aliphatic heterocycles. The normalized spacial score (nSPS) is 35.6. The molecule has 1 rings (SSSR count). The fourth-order valence-corrected chi connectivity index (χ4v) is 1.19. The minimum atomic E-state index is 0.317. The molecule has 0 aromatic carbocycles. The van der Waals surface area contributed by atoms with Crippen LogP contribution in [0.3, 0.4) is 0 Å². The van der Waals surface area contributed by atoms with Gasteiger partial charge in [-0.05, 0) is 0 Å². The van der Waals surface area contributed by atoms with Crippen LogP contribution in [0, 0.1) is 10.6 Å². The van der Waals surface area contributed by atoms with E-state index in [-0.39, 0.29) is 0 Å². The van der Waals surface area contributed by atoms with Gasteiger partial charge in [0.1, 0.15) is 0 Å². The number of hydrogen-bond donors (Lipinski definition) is 1. The van der Waals surface area contributed by atoms with Crippen molar-refractivity contribution in [3.8, 4) is 0 Å². The molecule has 0 amide bonds. The summed E-state index contributed by atoms with van der Waals surface area (Å²) in [6.07, 6.45) is 1.09. The predicted molar refractivity (Wildman–Crippen MR) is 32.5 cm³/mol. The first-order valence-electron chi connectivity index (χ1n) is 3.12. The lowest BCUT2D eigenvalue weighted by Crippen LogP contribution is -3.05. The summed E-state index contributed by atoms with van der Waals surface area (Å²) >= 11 is 0. The van der Waals surface area contributed by atoms with E-state index < -0.39 is 0 Å². The third kappa shape index (κ3) is 1.20. The smallest absolute Gasteiger partial charge is 0.0822 e. The van der Waals surface area contributed by atoms with Gasteiger partial charge < -0.3 is 10.3 Å². The monoisotopic (exact) mass is 115 g/mol. The van der Waals surface area contributed by atoms with Crippen molar-refractivity contribution in [2.45, 2.75) is 20.3 Å². The number of hydroxylamine groups is 2. The second-order valence-electron chi connectivity index (χ2n) is 3.38. The first-order valence-corrected chi connectivity index (χ1v) is 3.12. The van der Waals surface area contributed by atoms with E-state index in [4.69, 9.17) is 0 Å². The molecule has 1 aliphatic rings. The lowest BCUT2D eigenvalue weighted by molar-refractivity contribution is -0.837. The highest BCUT2D eigenvalue weighted by Gasteiger charge is 2.28. The molecule has 0 saturated carbocycles. The maximum absolute atomic E-state index is 10.7. The van der Waals surface area contributed by atoms with Crippen molar-refractivity contribution >= 4 is 0 Å². The van der Waals surface area contributed by atoms with Crippen molar-refractivity contribution < 1.29 is 5.06 Å². The Kier molecular flexibility index (Phi) is 1.29. The van der Waals surface area contributed by atoms with E-state index in [1.165, 1.54) is 0 Å². The molecule has 0 aliphatic carbocycles. The van der Waals surface area contributed by atoms with Crippen LogP contribution in [0.15, 0.2) is 0 Å². The molecule has 1 N–H and O–H groups in total. The Morgan fingerprint density at radius 3 is 2.25 bits per heavy atom. The number of rotatable bonds is 0. The lowest BCUT2D eigenvalue weighted by atomic mass is 9.93. The van der Waals surface area contributed by atoms with Gasteiger partial charge in [0.15, 0.2) is 0 Å². The Balaban J connectivity index is 2.44. The topological polar surface area (TPSA) is 27.5 Å². The molecule has 0 aromatic rings. The summed E-state index contributed by atoms with van der Waals surface area (Å²) in [5, 5.41) is 11.1. The Morgan fingerprint density at radius 1 is 1.50 bits per heavy atom. The van der Waals surface area contributed by atoms with Crippen LogP contribution in [0.5, 0.6) is 0 Å². The van der Waals surface area contributed by atoms with E-state index in [1.807, 2.05) is 0 Å². The minimum Gasteiger partial charge on any atom is -0.634 e. The standard InChI is InChI=1S/C6H13NO/c1-6(2)3-4-7(8)5-6/h7H,3-5H2,1-2H3. The molecule has 0 aromatic heterocycles. The number of hydrogen-bond acceptors (Lipinski definition) is 1. The van der Waals surface area contributed by atoms with Gasteiger partial charge in [0.2, 0.25) is 0 Å². The van der Waals surface area contributed by atoms with E-state index >= 15 is 0 Å². The summed E-state index contributed by atoms with van der Waals surface area (Å²) in [6.45, 7) is 5.91. The van der Waals surface area contributed by atoms with Gasteiger partial charge >= 0.3 is 0 Å². The summed E-state index contributed by atoms with van der Waals surface area (Å²) in [7, 11) is 0. The third-order valence-corrected chi connectivity index (χ3v) is 1.76. The van der Waals surface area contributed by atoms with Crippen molar-refractivity contribution in [2.75, 3.05) is 13.1 Å². The van der Waals surface area contributed by atoms with Crippen LogP contribution in [-0.2, 0) is 0 Å². The van der Waals surface area contributed by atoms with Crippen molar-refractivity contribution in [3.63, 3.8) is 0 Å². The Labute approximate surface area is 50.1 Å². The van der Waals surface area contributed by atoms with Crippen LogP contribution in [0.2, 0.25) is 0 Å². The molecule has 1 fully saturated rings. The molecular formula is C6H13NO. The molecular weight excluding hydrogens is 102 g/mol. The van der Waals surface area contributed by atoms with Gasteiger partial charge in [-0.3, -0.25) is 0 Å². The van der Waals surface area contributed by atoms with E-state index in [0.29, 0.717) is 10.5 Å². The minimum absolute atomic E-state index is 0.317. The van der Waals surface area contributed by atoms with Gasteiger partial charge in [0, 0.05) is 11.8 Å². The zero-order valence-corrected chi connectivity index (χ0v) is 5.53. The predicted octanol–water partition coefficient (Wildman–Crippen LogP) is -0.201. The first-order chi connectivity index (χ1) is 3.60. The molecule has 1 unspecified atom stereocenters. The molecule has 48 valence electrons. The van der Waals surface area contributed by atoms with E-state index in [0.717, 1.165) is 19.5 Å². The molecule has 1 heterocycles. The second-order valence-corrected chi connectivity index (χ2v) is 3.38. The number of nitrogens with one attached hydrogen (secondary N) is 1. The quantitative estimate of drug-likeness (QED) is 0.435. The Hall–Kier alpha value is -0.0800. The zero-order valence-electron chi connectivity index (χ0n) is 5.53. The second kappa shape index (κ2) is 1.71. The van der Waals surface area contributed by atoms with Gasteiger partial charge in [0.25, 0.3) is 0 Å². The highest BCUT2D eigenvalue weighted by molar-refractivity contribution is 4.70. The van der Waals surface area contributed by atoms with Gasteiger partial charge in [-0.25, -0.2) is 0 Å². The van der Waals surface area contributed by atoms with Gasteiger partial charge in [0.05, 0.1) is 13.1 Å². The summed E-state index contributed by atoms with van der Waals surface area (Å²) in [5.41, 5.74) is 0.317. The fraction of sp³-hybridized carbons (Fsp3) is 1.00. The molecule has 1 saturated heterocycles. The van der Waals surface area contributed by atoms with Gasteiger partial charge in [-0.2, -0.15) is 0 Å². The maximum atomic E-state index is 10.7. The maximum Gasteiger partial charge on any atom is 0.0822 e. The largest absolute Gasteiger partial charge is 0.634 e. The van der Waals surface area contributed by atoms with Crippen molar-refractivity contribution in [2.24, 2.45) is 5.41 Å². The molecule has 8 heavy (non-hydrogen) atoms. The van der Waals surface area contributed by atoms with Crippen molar-refractivity contribution in [1.29, 1.82) is 0 Å². The Bertz CT molecular complexity index is 90.5. The van der Waals surface area contributed by atoms with Crippen LogP contribution in [0.25, 0.3) is 0 Å². The fourth-order valence-electron chi connectivity index (χ4n) is 1.19. The van der Waals surface area contributed by atoms with Crippen LogP contribution >= 0.6 is 0 Å². The Morgan fingerprint density at radius 2 is 2.12 bits per heavy atom. The van der Waals surface area contributed by atoms with Crippen LogP contribution in [-0.4, -0.2) is 13.1 Å². The molecule has 0 bridgehead atoms. The average Bonchev–Trinajstić information content (AvgIpc) is 1.82. The third-order valence-electron chi connectivity index (χ3n) is 1.76. The highest BCUT2D eigenvalue weighted by atomic mass is 16.5. The van der Waals surface area contributed by atoms with Crippen LogP contribution in [0.4, 0.5) is 0 Å². The first kappa shape index (κ1) is 6.05. The molecule has 1 atom stereocenters. The lowest BCUT2D eigenvalue weighted by Gasteiger charge is -2.17. The highest BCUT2D eigenvalue weighted by Crippen LogP contribution is 2.19. The molecule has 2 nitrogen and oxygen atoms in total. The summed E-state index contributed by atoms with van der Waals surface area (Å²) in [6, 6.07) is 0. The van der Waals surface area contributed by atoms with Crippen molar-refractivity contribution in [1.82, 2.24) is 0 Å². The SMILES string of the molecule is CC1(C)CC[NH+]([O-])C1. The summed E-state index contributed by atoms with van der Waals surface area (Å²) < 4.78 is 0. The van der Waals surface area contributed by atoms with Crippen molar-refractivity contribution in [3.05, 3.63) is 5.21 Å². The molecule has 0 spiro atoms. The van der Waals surface area contributed by atoms with Gasteiger partial charge in [-0.15, -0.1) is 0 Å². The zero-order chi connectivity index (χ0) is 6.20. The van der Waals surface area contributed by atoms with Crippen LogP contribution < -0.4 is 5.06 Å². The summed E-state index contributed by atoms with van der Waals surface area (Å²) in [5.74, 6) is 0.